The highest BCUT2D eigenvalue weighted by Gasteiger charge is 2.14. The Balaban J connectivity index is 3.35. The van der Waals surface area contributed by atoms with E-state index in [9.17, 15) is 4.79 Å². The largest absolute Gasteiger partial charge is 0.465 e. The van der Waals surface area contributed by atoms with Crippen molar-refractivity contribution in [1.29, 1.82) is 5.26 Å². The van der Waals surface area contributed by atoms with E-state index in [0.29, 0.717) is 10.4 Å². The number of alkyl halides is 1. The summed E-state index contributed by atoms with van der Waals surface area (Å²) in [5.74, 6) is -0.561. The molecule has 78 valence electrons. The molecule has 0 saturated carbocycles. The number of carbonyl (C=O) groups is 1. The molecule has 0 unspecified atom stereocenters. The first-order valence-electron chi connectivity index (χ1n) is 4.00. The van der Waals surface area contributed by atoms with Gasteiger partial charge >= 0.3 is 5.97 Å². The second-order valence-electron chi connectivity index (χ2n) is 2.73. The number of halogens is 2. The van der Waals surface area contributed by atoms with Gasteiger partial charge in [-0.05, 0) is 17.7 Å². The zero-order chi connectivity index (χ0) is 11.4. The lowest BCUT2D eigenvalue weighted by molar-refractivity contribution is 0.0600. The van der Waals surface area contributed by atoms with Gasteiger partial charge in [-0.2, -0.15) is 5.26 Å². The molecular weight excluding hydrogens is 281 g/mol. The van der Waals surface area contributed by atoms with Crippen molar-refractivity contribution >= 4 is 33.5 Å². The van der Waals surface area contributed by atoms with Gasteiger partial charge in [0.25, 0.3) is 0 Å². The molecule has 0 aliphatic carbocycles. The van der Waals surface area contributed by atoms with E-state index >= 15 is 0 Å². The van der Waals surface area contributed by atoms with Gasteiger partial charge in [0.2, 0.25) is 0 Å². The van der Waals surface area contributed by atoms with Gasteiger partial charge in [-0.25, -0.2) is 4.79 Å². The molecule has 0 amide bonds. The Morgan fingerprint density at radius 1 is 1.67 bits per heavy atom. The first kappa shape index (κ1) is 12.0. The van der Waals surface area contributed by atoms with Crippen molar-refractivity contribution in [2.45, 2.75) is 5.33 Å². The van der Waals surface area contributed by atoms with Gasteiger partial charge in [-0.3, -0.25) is 0 Å². The van der Waals surface area contributed by atoms with Crippen molar-refractivity contribution in [3.05, 3.63) is 33.8 Å². The highest BCUT2D eigenvalue weighted by molar-refractivity contribution is 9.08. The molecule has 0 atom stereocenters. The van der Waals surface area contributed by atoms with Crippen molar-refractivity contribution in [3.8, 4) is 6.07 Å². The van der Waals surface area contributed by atoms with Crippen molar-refractivity contribution in [1.82, 2.24) is 0 Å². The molecule has 0 radical (unpaired) electrons. The van der Waals surface area contributed by atoms with Crippen LogP contribution in [0.5, 0.6) is 0 Å². The molecule has 1 aromatic rings. The quantitative estimate of drug-likeness (QED) is 0.621. The molecule has 0 aliphatic rings. The van der Waals surface area contributed by atoms with Crippen LogP contribution in [0.25, 0.3) is 0 Å². The van der Waals surface area contributed by atoms with Gasteiger partial charge in [0.05, 0.1) is 18.2 Å². The van der Waals surface area contributed by atoms with Crippen molar-refractivity contribution in [2.75, 3.05) is 7.11 Å². The molecule has 0 heterocycles. The van der Waals surface area contributed by atoms with Gasteiger partial charge < -0.3 is 4.74 Å². The number of rotatable bonds is 2. The fourth-order valence-corrected chi connectivity index (χ4v) is 1.95. The van der Waals surface area contributed by atoms with E-state index in [-0.39, 0.29) is 11.1 Å². The third-order valence-electron chi connectivity index (χ3n) is 1.86. The molecule has 0 saturated heterocycles. The number of nitriles is 1. The third kappa shape index (κ3) is 2.49. The Morgan fingerprint density at radius 2 is 2.33 bits per heavy atom. The Kier molecular flexibility index (Phi) is 4.13. The second kappa shape index (κ2) is 5.15. The zero-order valence-corrected chi connectivity index (χ0v) is 10.2. The topological polar surface area (TPSA) is 50.1 Å². The number of carbonyl (C=O) groups excluding carboxylic acids is 1. The number of ether oxygens (including phenoxy) is 1. The fraction of sp³-hybridized carbons (Fsp3) is 0.200. The maximum Gasteiger partial charge on any atom is 0.339 e. The van der Waals surface area contributed by atoms with Crippen molar-refractivity contribution in [3.63, 3.8) is 0 Å². The molecule has 1 rings (SSSR count). The van der Waals surface area contributed by atoms with Gasteiger partial charge in [0.1, 0.15) is 6.07 Å². The van der Waals surface area contributed by atoms with E-state index in [0.717, 1.165) is 5.56 Å². The van der Waals surface area contributed by atoms with E-state index in [4.69, 9.17) is 16.9 Å². The number of methoxy groups -OCH3 is 1. The van der Waals surface area contributed by atoms with Crippen LogP contribution in [0.2, 0.25) is 5.02 Å². The minimum absolute atomic E-state index is 0.190. The van der Waals surface area contributed by atoms with Crippen molar-refractivity contribution in [2.24, 2.45) is 0 Å². The summed E-state index contributed by atoms with van der Waals surface area (Å²) < 4.78 is 4.55. The monoisotopic (exact) mass is 287 g/mol. The Hall–Kier alpha value is -1.05. The van der Waals surface area contributed by atoms with E-state index in [1.165, 1.54) is 13.2 Å². The third-order valence-corrected chi connectivity index (χ3v) is 2.81. The number of esters is 1. The average molecular weight is 289 g/mol. The van der Waals surface area contributed by atoms with Crippen LogP contribution in [0.3, 0.4) is 0 Å². The van der Waals surface area contributed by atoms with Crippen LogP contribution in [-0.4, -0.2) is 13.1 Å². The molecule has 0 aliphatic heterocycles. The Bertz CT molecular complexity index is 440. The number of nitrogens with zero attached hydrogens (tertiary/aromatic N) is 1. The molecule has 0 bridgehead atoms. The highest BCUT2D eigenvalue weighted by Crippen LogP contribution is 2.23. The second-order valence-corrected chi connectivity index (χ2v) is 3.69. The average Bonchev–Trinajstić information content (AvgIpc) is 2.27. The standard InChI is InChI=1S/C10H7BrClNO2/c1-15-10(14)8-3-9(12)6(4-11)2-7(8)5-13/h2-3H,4H2,1H3. The normalized spacial score (nSPS) is 9.47. The molecular formula is C10H7BrClNO2. The van der Waals surface area contributed by atoms with Gasteiger partial charge in [0, 0.05) is 10.4 Å². The lowest BCUT2D eigenvalue weighted by Gasteiger charge is -2.05. The number of benzene rings is 1. The first-order chi connectivity index (χ1) is 7.13. The zero-order valence-electron chi connectivity index (χ0n) is 7.88. The van der Waals surface area contributed by atoms with E-state index < -0.39 is 5.97 Å². The Labute approximate surface area is 101 Å². The van der Waals surface area contributed by atoms with Crippen LogP contribution >= 0.6 is 27.5 Å². The molecule has 0 spiro atoms. The van der Waals surface area contributed by atoms with E-state index in [1.54, 1.807) is 6.07 Å². The minimum Gasteiger partial charge on any atom is -0.465 e. The van der Waals surface area contributed by atoms with Crippen LogP contribution in [-0.2, 0) is 10.1 Å². The van der Waals surface area contributed by atoms with Gasteiger partial charge in [-0.15, -0.1) is 0 Å². The highest BCUT2D eigenvalue weighted by atomic mass is 79.9. The summed E-state index contributed by atoms with van der Waals surface area (Å²) in [6.45, 7) is 0. The lowest BCUT2D eigenvalue weighted by Crippen LogP contribution is -2.05. The molecule has 3 nitrogen and oxygen atoms in total. The van der Waals surface area contributed by atoms with Gasteiger partial charge in [-0.1, -0.05) is 27.5 Å². The predicted molar refractivity (Wildman–Crippen MR) is 60.1 cm³/mol. The van der Waals surface area contributed by atoms with E-state index in [1.807, 2.05) is 6.07 Å². The smallest absolute Gasteiger partial charge is 0.339 e. The summed E-state index contributed by atoms with van der Waals surface area (Å²) in [6.07, 6.45) is 0. The summed E-state index contributed by atoms with van der Waals surface area (Å²) in [6, 6.07) is 4.95. The molecule has 5 heteroatoms. The molecule has 0 aromatic heterocycles. The fourth-order valence-electron chi connectivity index (χ4n) is 1.09. The SMILES string of the molecule is COC(=O)c1cc(Cl)c(CBr)cc1C#N. The summed E-state index contributed by atoms with van der Waals surface area (Å²) in [4.78, 5) is 11.3. The molecule has 0 fully saturated rings. The summed E-state index contributed by atoms with van der Waals surface area (Å²) in [5, 5.41) is 9.82. The van der Waals surface area contributed by atoms with Crippen LogP contribution < -0.4 is 0 Å². The molecule has 1 aromatic carbocycles. The summed E-state index contributed by atoms with van der Waals surface area (Å²) in [7, 11) is 1.26. The van der Waals surface area contributed by atoms with E-state index in [2.05, 4.69) is 20.7 Å². The van der Waals surface area contributed by atoms with Crippen molar-refractivity contribution < 1.29 is 9.53 Å². The summed E-state index contributed by atoms with van der Waals surface area (Å²) >= 11 is 9.15. The summed E-state index contributed by atoms with van der Waals surface area (Å²) in [5.41, 5.74) is 1.22. The van der Waals surface area contributed by atoms with Crippen LogP contribution in [0.1, 0.15) is 21.5 Å². The minimum atomic E-state index is -0.561. The first-order valence-corrected chi connectivity index (χ1v) is 5.50. The molecule has 0 N–H and O–H groups in total. The maximum absolute atomic E-state index is 11.3. The maximum atomic E-state index is 11.3. The predicted octanol–water partition coefficient (Wildman–Crippen LogP) is 2.89. The lowest BCUT2D eigenvalue weighted by atomic mass is 10.1. The van der Waals surface area contributed by atoms with Crippen LogP contribution in [0.15, 0.2) is 12.1 Å². The Morgan fingerprint density at radius 3 is 2.80 bits per heavy atom. The van der Waals surface area contributed by atoms with Gasteiger partial charge in [0.15, 0.2) is 0 Å². The van der Waals surface area contributed by atoms with Crippen LogP contribution in [0.4, 0.5) is 0 Å². The number of hydrogen-bond donors (Lipinski definition) is 0. The molecule has 15 heavy (non-hydrogen) atoms. The van der Waals surface area contributed by atoms with Crippen LogP contribution in [0, 0.1) is 11.3 Å². The number of hydrogen-bond acceptors (Lipinski definition) is 3.